The van der Waals surface area contributed by atoms with E-state index in [2.05, 4.69) is 81.6 Å². The summed E-state index contributed by atoms with van der Waals surface area (Å²) >= 11 is 0. The molecular weight excluding hydrogens is 476 g/mol. The number of aromatic nitrogens is 2. The van der Waals surface area contributed by atoms with Crippen LogP contribution in [0.15, 0.2) is 60.5 Å². The summed E-state index contributed by atoms with van der Waals surface area (Å²) in [6.07, 6.45) is 13.3. The highest BCUT2D eigenvalue weighted by Gasteiger charge is 2.15. The van der Waals surface area contributed by atoms with Gasteiger partial charge in [0.15, 0.2) is 0 Å². The lowest BCUT2D eigenvalue weighted by Gasteiger charge is -2.32. The fourth-order valence-electron chi connectivity index (χ4n) is 4.95. The molecule has 0 amide bonds. The zero-order valence-corrected chi connectivity index (χ0v) is 22.7. The van der Waals surface area contributed by atoms with Crippen molar-refractivity contribution in [3.63, 3.8) is 0 Å². The number of likely N-dealkylation sites (N-methyl/N-ethyl adjacent to an activating group) is 2. The smallest absolute Gasteiger partial charge is 0.227 e. The highest BCUT2D eigenvalue weighted by atomic mass is 16.5. The Morgan fingerprint density at radius 3 is 2.82 bits per heavy atom. The predicted molar refractivity (Wildman–Crippen MR) is 153 cm³/mol. The molecule has 6 bridgehead atoms. The third-order valence-electron chi connectivity index (χ3n) is 7.22. The minimum Gasteiger partial charge on any atom is -0.494 e. The van der Waals surface area contributed by atoms with Crippen molar-refractivity contribution >= 4 is 17.2 Å². The number of hydrogen-bond acceptors (Lipinski definition) is 8. The van der Waals surface area contributed by atoms with Gasteiger partial charge in [0, 0.05) is 63.3 Å². The average molecular weight is 517 g/mol. The highest BCUT2D eigenvalue weighted by Crippen LogP contribution is 2.28. The van der Waals surface area contributed by atoms with E-state index in [0.29, 0.717) is 19.2 Å². The predicted octanol–water partition coefficient (Wildman–Crippen LogP) is 4.32. The number of hydrogen-bond donors (Lipinski definition) is 1. The van der Waals surface area contributed by atoms with Crippen molar-refractivity contribution in [1.82, 2.24) is 24.7 Å². The largest absolute Gasteiger partial charge is 0.494 e. The van der Waals surface area contributed by atoms with Crippen LogP contribution in [0.2, 0.25) is 0 Å². The van der Waals surface area contributed by atoms with E-state index in [1.807, 2.05) is 12.3 Å². The van der Waals surface area contributed by atoms with Crippen molar-refractivity contribution in [2.75, 3.05) is 71.9 Å². The molecule has 1 aliphatic carbocycles. The Morgan fingerprint density at radius 2 is 1.92 bits per heavy atom. The Balaban J connectivity index is 1.34. The molecule has 8 heteroatoms. The zero-order chi connectivity index (χ0) is 26.2. The second-order valence-corrected chi connectivity index (χ2v) is 10.3. The number of allylic oxidation sites excluding steroid dienone is 3. The summed E-state index contributed by atoms with van der Waals surface area (Å²) in [7, 11) is 4.32. The zero-order valence-electron chi connectivity index (χ0n) is 22.7. The summed E-state index contributed by atoms with van der Waals surface area (Å²) in [6.45, 7) is 8.37. The van der Waals surface area contributed by atoms with Gasteiger partial charge in [0.2, 0.25) is 5.95 Å². The van der Waals surface area contributed by atoms with E-state index in [1.165, 1.54) is 5.57 Å². The van der Waals surface area contributed by atoms with Crippen LogP contribution >= 0.6 is 0 Å². The van der Waals surface area contributed by atoms with Crippen LogP contribution in [0.3, 0.4) is 0 Å². The molecule has 1 fully saturated rings. The number of ether oxygens (including phenoxy) is 2. The normalized spacial score (nSPS) is 20.7. The van der Waals surface area contributed by atoms with Crippen molar-refractivity contribution in [1.29, 1.82) is 0 Å². The maximum Gasteiger partial charge on any atom is 0.227 e. The van der Waals surface area contributed by atoms with Gasteiger partial charge in [-0.2, -0.15) is 0 Å². The van der Waals surface area contributed by atoms with Crippen molar-refractivity contribution in [3.8, 4) is 5.75 Å². The Morgan fingerprint density at radius 1 is 1.03 bits per heavy atom. The maximum atomic E-state index is 6.33. The average Bonchev–Trinajstić information content (AvgIpc) is 2.93. The molecule has 3 heterocycles. The molecule has 0 spiro atoms. The minimum absolute atomic E-state index is 0.590. The van der Waals surface area contributed by atoms with Gasteiger partial charge in [-0.1, -0.05) is 12.2 Å². The molecule has 0 radical (unpaired) electrons. The summed E-state index contributed by atoms with van der Waals surface area (Å²) < 4.78 is 12.4. The molecular formula is C30H40N6O2. The summed E-state index contributed by atoms with van der Waals surface area (Å²) in [5, 5.41) is 3.42. The van der Waals surface area contributed by atoms with Crippen LogP contribution in [-0.4, -0.2) is 91.2 Å². The third-order valence-corrected chi connectivity index (χ3v) is 7.22. The van der Waals surface area contributed by atoms with Gasteiger partial charge < -0.3 is 19.7 Å². The lowest BCUT2D eigenvalue weighted by atomic mass is 10.0. The van der Waals surface area contributed by atoms with Crippen molar-refractivity contribution in [2.24, 2.45) is 0 Å². The standard InChI is InChI=1S/C30H40N6O2/c1-34-14-16-36(17-15-34)18-20-38-29-10-9-26-21-25(29)23-35(2)13-4-3-5-19-37-27-8-6-7-24(22-27)28-11-12-31-30(32-26)33-28/h3-4,8-12,21-22H,5-7,13-20,23H2,1-2H3,(H,31,32,33)/b4-3+. The number of fused-ring (bicyclic) bond motifs is 6. The summed E-state index contributed by atoms with van der Waals surface area (Å²) in [5.74, 6) is 2.45. The number of rotatable bonds is 4. The summed E-state index contributed by atoms with van der Waals surface area (Å²) in [5.41, 5.74) is 4.21. The molecule has 1 saturated heterocycles. The lowest BCUT2D eigenvalue weighted by Crippen LogP contribution is -2.45. The molecule has 1 aromatic heterocycles. The van der Waals surface area contributed by atoms with E-state index < -0.39 is 0 Å². The summed E-state index contributed by atoms with van der Waals surface area (Å²) in [4.78, 5) is 16.5. The van der Waals surface area contributed by atoms with Crippen LogP contribution in [0.5, 0.6) is 5.75 Å². The van der Waals surface area contributed by atoms with Crippen LogP contribution in [0.1, 0.15) is 30.5 Å². The van der Waals surface area contributed by atoms with Gasteiger partial charge in [0.1, 0.15) is 18.1 Å². The van der Waals surface area contributed by atoms with E-state index in [9.17, 15) is 0 Å². The number of nitrogens with one attached hydrogen (secondary N) is 1. The number of piperazine rings is 1. The fourth-order valence-corrected chi connectivity index (χ4v) is 4.95. The van der Waals surface area contributed by atoms with Crippen molar-refractivity contribution < 1.29 is 9.47 Å². The van der Waals surface area contributed by atoms with Crippen LogP contribution in [0.25, 0.3) is 5.57 Å². The molecule has 5 rings (SSSR count). The van der Waals surface area contributed by atoms with E-state index in [0.717, 1.165) is 93.5 Å². The van der Waals surface area contributed by atoms with Gasteiger partial charge in [0.05, 0.1) is 12.3 Å². The fraction of sp³-hybridized carbons (Fsp3) is 0.467. The maximum absolute atomic E-state index is 6.33. The molecule has 38 heavy (non-hydrogen) atoms. The number of benzene rings is 1. The minimum atomic E-state index is 0.590. The topological polar surface area (TPSA) is 66.0 Å². The molecule has 2 aliphatic heterocycles. The highest BCUT2D eigenvalue weighted by molar-refractivity contribution is 5.68. The van der Waals surface area contributed by atoms with Crippen molar-refractivity contribution in [2.45, 2.75) is 25.8 Å². The van der Waals surface area contributed by atoms with Crippen molar-refractivity contribution in [3.05, 3.63) is 71.8 Å². The number of nitrogens with zero attached hydrogens (tertiary/aromatic N) is 5. The van der Waals surface area contributed by atoms with E-state index >= 15 is 0 Å². The Labute approximate surface area is 226 Å². The van der Waals surface area contributed by atoms with Gasteiger partial charge in [-0.15, -0.1) is 0 Å². The second-order valence-electron chi connectivity index (χ2n) is 10.3. The first-order valence-electron chi connectivity index (χ1n) is 13.8. The quantitative estimate of drug-likeness (QED) is 0.603. The first-order valence-corrected chi connectivity index (χ1v) is 13.8. The number of anilines is 2. The Kier molecular flexibility index (Phi) is 9.06. The molecule has 2 aromatic rings. The second kappa shape index (κ2) is 13.0. The molecule has 3 aliphatic rings. The van der Waals surface area contributed by atoms with Gasteiger partial charge >= 0.3 is 0 Å². The van der Waals surface area contributed by atoms with Gasteiger partial charge in [-0.25, -0.2) is 9.97 Å². The van der Waals surface area contributed by atoms with E-state index in [4.69, 9.17) is 14.5 Å². The molecule has 202 valence electrons. The molecule has 8 nitrogen and oxygen atoms in total. The van der Waals surface area contributed by atoms with Crippen LogP contribution in [-0.2, 0) is 11.3 Å². The van der Waals surface area contributed by atoms with Crippen LogP contribution in [0.4, 0.5) is 11.6 Å². The van der Waals surface area contributed by atoms with E-state index in [1.54, 1.807) is 0 Å². The molecule has 0 unspecified atom stereocenters. The molecule has 1 N–H and O–H groups in total. The van der Waals surface area contributed by atoms with Gasteiger partial charge in [-0.3, -0.25) is 9.80 Å². The lowest BCUT2D eigenvalue weighted by molar-refractivity contribution is 0.133. The Hall–Kier alpha value is -3.20. The van der Waals surface area contributed by atoms with E-state index in [-0.39, 0.29) is 0 Å². The first-order chi connectivity index (χ1) is 18.6. The molecule has 0 saturated carbocycles. The van der Waals surface area contributed by atoms with Crippen LogP contribution in [0, 0.1) is 0 Å². The first kappa shape index (κ1) is 26.4. The third kappa shape index (κ3) is 7.43. The van der Waals surface area contributed by atoms with Crippen LogP contribution < -0.4 is 10.1 Å². The van der Waals surface area contributed by atoms with Gasteiger partial charge in [-0.05, 0) is 75.3 Å². The summed E-state index contributed by atoms with van der Waals surface area (Å²) in [6, 6.07) is 8.26. The Bertz CT molecular complexity index is 1170. The van der Waals surface area contributed by atoms with Gasteiger partial charge in [0.25, 0.3) is 0 Å². The molecule has 0 atom stereocenters. The monoisotopic (exact) mass is 516 g/mol. The SMILES string of the molecule is CN1CCN(CCOc2ccc3cc2CN(C)C/C=C/CCOC2=CCCC(=C2)c2ccnc(n2)N3)CC1. The molecule has 1 aromatic carbocycles.